The molecule has 53 heavy (non-hydrogen) atoms. The minimum atomic E-state index is -4.38. The highest BCUT2D eigenvalue weighted by molar-refractivity contribution is 7.47. The fourth-order valence-electron chi connectivity index (χ4n) is 5.79. The van der Waals surface area contributed by atoms with E-state index in [0.29, 0.717) is 23.9 Å². The average molecular weight is 773 g/mol. The van der Waals surface area contributed by atoms with Gasteiger partial charge in [0.15, 0.2) is 6.10 Å². The Morgan fingerprint density at radius 3 is 1.47 bits per heavy atom. The highest BCUT2D eigenvalue weighted by Crippen LogP contribution is 2.43. The molecule has 0 amide bonds. The van der Waals surface area contributed by atoms with Crippen LogP contribution < -0.4 is 0 Å². The zero-order valence-corrected chi connectivity index (χ0v) is 35.9. The molecule has 0 saturated heterocycles. The van der Waals surface area contributed by atoms with Crippen molar-refractivity contribution in [1.82, 2.24) is 0 Å². The molecular weight excluding hydrogens is 689 g/mol. The number of ether oxygens (including phenoxy) is 2. The molecule has 10 heteroatoms. The van der Waals surface area contributed by atoms with Crippen LogP contribution in [0.3, 0.4) is 0 Å². The Hall–Kier alpha value is -1.51. The van der Waals surface area contributed by atoms with Crippen molar-refractivity contribution in [2.45, 2.75) is 193 Å². The number of allylic oxidation sites excluding steroid dienone is 4. The molecule has 0 aromatic rings. The van der Waals surface area contributed by atoms with Crippen LogP contribution in [0, 0.1) is 0 Å². The van der Waals surface area contributed by atoms with Crippen molar-refractivity contribution in [2.24, 2.45) is 0 Å². The molecule has 1 N–H and O–H groups in total. The predicted octanol–water partition coefficient (Wildman–Crippen LogP) is 12.0. The minimum Gasteiger partial charge on any atom is -0.462 e. The Morgan fingerprint density at radius 2 is 1.00 bits per heavy atom. The number of phosphoric acid groups is 1. The molecule has 0 aliphatic rings. The SMILES string of the molecule is CCCCCCC/C=C/CCCCCCCC(=O)O[C@H](COC(=O)CC/C=C/CCCCCCCCCCCCC)COP(=O)(O)OCC[N+](C)(C)C. The molecule has 0 radical (unpaired) electrons. The van der Waals surface area contributed by atoms with Crippen LogP contribution in [-0.4, -0.2) is 74.9 Å². The average Bonchev–Trinajstić information content (AvgIpc) is 3.10. The summed E-state index contributed by atoms with van der Waals surface area (Å²) in [7, 11) is 1.46. The second-order valence-corrected chi connectivity index (χ2v) is 17.2. The maximum Gasteiger partial charge on any atom is 0.472 e. The molecule has 1 unspecified atom stereocenters. The number of quaternary nitrogens is 1. The quantitative estimate of drug-likeness (QED) is 0.0216. The highest BCUT2D eigenvalue weighted by Gasteiger charge is 2.27. The topological polar surface area (TPSA) is 108 Å². The van der Waals surface area contributed by atoms with Gasteiger partial charge < -0.3 is 18.9 Å². The molecule has 0 fully saturated rings. The van der Waals surface area contributed by atoms with E-state index in [9.17, 15) is 19.0 Å². The monoisotopic (exact) mass is 773 g/mol. The van der Waals surface area contributed by atoms with E-state index in [4.69, 9.17) is 18.5 Å². The molecule has 0 aromatic carbocycles. The van der Waals surface area contributed by atoms with Crippen molar-refractivity contribution in [1.29, 1.82) is 0 Å². The fourth-order valence-corrected chi connectivity index (χ4v) is 6.53. The van der Waals surface area contributed by atoms with Crippen molar-refractivity contribution < 1.29 is 42.1 Å². The highest BCUT2D eigenvalue weighted by atomic mass is 31.2. The van der Waals surface area contributed by atoms with Gasteiger partial charge in [-0.1, -0.05) is 147 Å². The number of carbonyl (C=O) groups is 2. The molecule has 0 spiro atoms. The fraction of sp³-hybridized carbons (Fsp3) is 0.860. The molecule has 0 aliphatic carbocycles. The Labute approximate surface area is 326 Å². The normalized spacial score (nSPS) is 13.8. The number of rotatable bonds is 39. The minimum absolute atomic E-state index is 0.0267. The zero-order valence-electron chi connectivity index (χ0n) is 35.0. The molecule has 0 rings (SSSR count). The van der Waals surface area contributed by atoms with Gasteiger partial charge in [-0.3, -0.25) is 18.6 Å². The Balaban J connectivity index is 4.42. The van der Waals surface area contributed by atoms with E-state index in [1.807, 2.05) is 27.2 Å². The summed E-state index contributed by atoms with van der Waals surface area (Å²) in [6.45, 7) is 4.37. The first kappa shape index (κ1) is 51.5. The molecule has 0 aromatic heterocycles. The van der Waals surface area contributed by atoms with Gasteiger partial charge >= 0.3 is 19.8 Å². The van der Waals surface area contributed by atoms with Crippen LogP contribution in [0.1, 0.15) is 187 Å². The number of esters is 2. The summed E-state index contributed by atoms with van der Waals surface area (Å²) in [5.41, 5.74) is 0. The van der Waals surface area contributed by atoms with Crippen LogP contribution in [0.2, 0.25) is 0 Å². The molecule has 9 nitrogen and oxygen atoms in total. The summed E-state index contributed by atoms with van der Waals surface area (Å²) in [5.74, 6) is -0.862. The lowest BCUT2D eigenvalue weighted by Gasteiger charge is -2.24. The molecule has 2 atom stereocenters. The summed E-state index contributed by atoms with van der Waals surface area (Å²) in [6, 6.07) is 0. The van der Waals surface area contributed by atoms with Crippen molar-refractivity contribution in [3.8, 4) is 0 Å². The van der Waals surface area contributed by atoms with E-state index in [-0.39, 0.29) is 26.1 Å². The standard InChI is InChI=1S/C43H82NO8P/c1-6-8-10-12-14-16-18-20-22-24-25-27-29-31-33-35-42(45)49-39-41(40-51-53(47,48)50-38-37-44(3,4)5)52-43(46)36-34-32-30-28-26-23-21-19-17-15-13-11-9-7-2/h19,21,29,31,41H,6-18,20,22-28,30,32-40H2,1-5H3/p+1/b21-19+,31-29+/t41-/m1/s1. The molecule has 0 aliphatic heterocycles. The maximum atomic E-state index is 12.7. The van der Waals surface area contributed by atoms with E-state index in [1.54, 1.807) is 0 Å². The van der Waals surface area contributed by atoms with Crippen LogP contribution in [0.5, 0.6) is 0 Å². The molecule has 312 valence electrons. The van der Waals surface area contributed by atoms with Crippen molar-refractivity contribution in [3.05, 3.63) is 24.3 Å². The van der Waals surface area contributed by atoms with Gasteiger partial charge in [-0.2, -0.15) is 0 Å². The van der Waals surface area contributed by atoms with Gasteiger partial charge in [-0.25, -0.2) is 4.57 Å². The van der Waals surface area contributed by atoms with Gasteiger partial charge in [0.2, 0.25) is 0 Å². The van der Waals surface area contributed by atoms with Crippen LogP contribution in [0.25, 0.3) is 0 Å². The Bertz CT molecular complexity index is 964. The van der Waals surface area contributed by atoms with E-state index in [1.165, 1.54) is 103 Å². The molecule has 0 bridgehead atoms. The third-order valence-corrected chi connectivity index (χ3v) is 10.2. The van der Waals surface area contributed by atoms with Gasteiger partial charge in [0.25, 0.3) is 0 Å². The lowest BCUT2D eigenvalue weighted by molar-refractivity contribution is -0.870. The zero-order chi connectivity index (χ0) is 39.3. The van der Waals surface area contributed by atoms with Crippen LogP contribution in [0.4, 0.5) is 0 Å². The van der Waals surface area contributed by atoms with E-state index in [2.05, 4.69) is 32.1 Å². The number of hydrogen-bond donors (Lipinski definition) is 1. The second kappa shape index (κ2) is 36.1. The molecular formula is C43H83NO8P+. The number of unbranched alkanes of at least 4 members (excludes halogenated alkanes) is 21. The number of likely N-dealkylation sites (N-methyl/N-ethyl adjacent to an activating group) is 1. The lowest BCUT2D eigenvalue weighted by atomic mass is 10.1. The molecule has 0 saturated carbocycles. The Morgan fingerprint density at radius 1 is 0.566 bits per heavy atom. The summed E-state index contributed by atoms with van der Waals surface area (Å²) < 4.78 is 34.2. The van der Waals surface area contributed by atoms with E-state index >= 15 is 0 Å². The third-order valence-electron chi connectivity index (χ3n) is 9.22. The summed E-state index contributed by atoms with van der Waals surface area (Å²) in [4.78, 5) is 35.3. The summed E-state index contributed by atoms with van der Waals surface area (Å²) in [5, 5.41) is 0. The number of phosphoric ester groups is 1. The van der Waals surface area contributed by atoms with Crippen LogP contribution >= 0.6 is 7.82 Å². The van der Waals surface area contributed by atoms with Gasteiger partial charge in [0, 0.05) is 12.8 Å². The third kappa shape index (κ3) is 40.0. The smallest absolute Gasteiger partial charge is 0.462 e. The van der Waals surface area contributed by atoms with Crippen LogP contribution in [-0.2, 0) is 32.7 Å². The van der Waals surface area contributed by atoms with E-state index < -0.39 is 32.5 Å². The lowest BCUT2D eigenvalue weighted by Crippen LogP contribution is -2.37. The first-order valence-electron chi connectivity index (χ1n) is 21.6. The predicted molar refractivity (Wildman–Crippen MR) is 220 cm³/mol. The van der Waals surface area contributed by atoms with E-state index in [0.717, 1.165) is 44.9 Å². The number of nitrogens with zero attached hydrogens (tertiary/aromatic N) is 1. The first-order valence-corrected chi connectivity index (χ1v) is 23.1. The second-order valence-electron chi connectivity index (χ2n) is 15.7. The van der Waals surface area contributed by atoms with Gasteiger partial charge in [0.05, 0.1) is 27.7 Å². The van der Waals surface area contributed by atoms with Gasteiger partial charge in [0.1, 0.15) is 19.8 Å². The summed E-state index contributed by atoms with van der Waals surface area (Å²) >= 11 is 0. The Kier molecular flexibility index (Phi) is 35.1. The van der Waals surface area contributed by atoms with Gasteiger partial charge in [-0.05, 0) is 51.4 Å². The largest absolute Gasteiger partial charge is 0.472 e. The van der Waals surface area contributed by atoms with Crippen molar-refractivity contribution in [2.75, 3.05) is 47.5 Å². The first-order chi connectivity index (χ1) is 25.5. The van der Waals surface area contributed by atoms with Gasteiger partial charge in [-0.15, -0.1) is 0 Å². The van der Waals surface area contributed by atoms with Crippen molar-refractivity contribution >= 4 is 19.8 Å². The number of hydrogen-bond acceptors (Lipinski definition) is 7. The summed E-state index contributed by atoms with van der Waals surface area (Å²) in [6.07, 6.45) is 38.0. The van der Waals surface area contributed by atoms with Crippen molar-refractivity contribution in [3.63, 3.8) is 0 Å². The molecule has 0 heterocycles. The van der Waals surface area contributed by atoms with Crippen LogP contribution in [0.15, 0.2) is 24.3 Å². The number of carbonyl (C=O) groups excluding carboxylic acids is 2. The maximum absolute atomic E-state index is 12.7.